The summed E-state index contributed by atoms with van der Waals surface area (Å²) < 4.78 is 3.85. The maximum atomic E-state index is 10.6. The molecule has 1 atom stereocenters. The van der Waals surface area contributed by atoms with Crippen molar-refractivity contribution in [1.82, 2.24) is 4.37 Å². The zero-order valence-corrected chi connectivity index (χ0v) is 6.97. The molecule has 1 aromatic rings. The maximum Gasteiger partial charge on any atom is 0.311 e. The van der Waals surface area contributed by atoms with E-state index in [1.54, 1.807) is 11.6 Å². The first-order valence-electron chi connectivity index (χ1n) is 3.37. The summed E-state index contributed by atoms with van der Waals surface area (Å²) in [4.78, 5) is 10.6. The summed E-state index contributed by atoms with van der Waals surface area (Å²) in [6.07, 6.45) is 2.24. The van der Waals surface area contributed by atoms with Crippen LogP contribution < -0.4 is 0 Å². The molecule has 0 aliphatic carbocycles. The summed E-state index contributed by atoms with van der Waals surface area (Å²) in [7, 11) is 0. The summed E-state index contributed by atoms with van der Waals surface area (Å²) in [5, 5.41) is 10.5. The maximum absolute atomic E-state index is 10.6. The highest BCUT2D eigenvalue weighted by molar-refractivity contribution is 7.03. The fraction of sp³-hybridized carbons (Fsp3) is 0.429. The van der Waals surface area contributed by atoms with E-state index >= 15 is 0 Å². The van der Waals surface area contributed by atoms with Gasteiger partial charge in [0.25, 0.3) is 0 Å². The number of carbonyl (C=O) groups is 1. The first-order chi connectivity index (χ1) is 5.25. The van der Waals surface area contributed by atoms with Crippen LogP contribution in [0.4, 0.5) is 0 Å². The molecule has 0 bridgehead atoms. The van der Waals surface area contributed by atoms with Crippen LogP contribution in [-0.2, 0) is 4.79 Å². The van der Waals surface area contributed by atoms with E-state index in [-0.39, 0.29) is 5.92 Å². The Labute approximate surface area is 68.8 Å². The predicted octanol–water partition coefficient (Wildman–Crippen LogP) is 1.72. The summed E-state index contributed by atoms with van der Waals surface area (Å²) in [6, 6.07) is 0. The summed E-state index contributed by atoms with van der Waals surface area (Å²) in [6.45, 7) is 1.86. The molecule has 0 aromatic carbocycles. The quantitative estimate of drug-likeness (QED) is 0.753. The molecular formula is C7H9NO2S. The van der Waals surface area contributed by atoms with Crippen LogP contribution in [0.1, 0.15) is 24.8 Å². The van der Waals surface area contributed by atoms with Crippen LogP contribution >= 0.6 is 11.5 Å². The van der Waals surface area contributed by atoms with Crippen LogP contribution in [0.3, 0.4) is 0 Å². The largest absolute Gasteiger partial charge is 0.481 e. The number of carboxylic acids is 1. The third-order valence-electron chi connectivity index (χ3n) is 1.56. The Kier molecular flexibility index (Phi) is 2.59. The van der Waals surface area contributed by atoms with Gasteiger partial charge in [-0.3, -0.25) is 4.79 Å². The predicted molar refractivity (Wildman–Crippen MR) is 42.8 cm³/mol. The van der Waals surface area contributed by atoms with Crippen LogP contribution in [0, 0.1) is 0 Å². The number of aromatic nitrogens is 1. The van der Waals surface area contributed by atoms with Gasteiger partial charge >= 0.3 is 5.97 Å². The molecule has 0 radical (unpaired) electrons. The molecule has 11 heavy (non-hydrogen) atoms. The van der Waals surface area contributed by atoms with E-state index < -0.39 is 5.97 Å². The molecule has 4 heteroatoms. The molecule has 0 fully saturated rings. The zero-order valence-electron chi connectivity index (χ0n) is 6.15. The van der Waals surface area contributed by atoms with Gasteiger partial charge in [0, 0.05) is 11.6 Å². The lowest BCUT2D eigenvalue weighted by atomic mass is 10.0. The molecule has 0 aliphatic rings. The van der Waals surface area contributed by atoms with E-state index in [4.69, 9.17) is 5.11 Å². The molecule has 1 rings (SSSR count). The molecule has 1 heterocycles. The number of nitrogens with zero attached hydrogens (tertiary/aromatic N) is 1. The van der Waals surface area contributed by atoms with Gasteiger partial charge in [0.1, 0.15) is 0 Å². The van der Waals surface area contributed by atoms with Gasteiger partial charge in [0.15, 0.2) is 0 Å². The number of rotatable bonds is 3. The lowest BCUT2D eigenvalue weighted by Crippen LogP contribution is -2.09. The molecule has 1 aromatic heterocycles. The van der Waals surface area contributed by atoms with Crippen LogP contribution in [0.15, 0.2) is 11.6 Å². The van der Waals surface area contributed by atoms with Crippen LogP contribution in [0.2, 0.25) is 0 Å². The second-order valence-electron chi connectivity index (χ2n) is 2.26. The van der Waals surface area contributed by atoms with Crippen molar-refractivity contribution in [2.45, 2.75) is 19.3 Å². The Morgan fingerprint density at radius 3 is 3.00 bits per heavy atom. The van der Waals surface area contributed by atoms with Crippen molar-refractivity contribution in [3.63, 3.8) is 0 Å². The van der Waals surface area contributed by atoms with Gasteiger partial charge in [-0.05, 0) is 23.5 Å². The Morgan fingerprint density at radius 1 is 1.91 bits per heavy atom. The van der Waals surface area contributed by atoms with E-state index in [0.29, 0.717) is 6.42 Å². The molecule has 0 saturated carbocycles. The average molecular weight is 171 g/mol. The van der Waals surface area contributed by atoms with Crippen molar-refractivity contribution >= 4 is 17.5 Å². The van der Waals surface area contributed by atoms with Crippen LogP contribution in [0.25, 0.3) is 0 Å². The molecule has 3 nitrogen and oxygen atoms in total. The number of carboxylic acid groups (broad SMARTS) is 1. The second-order valence-corrected chi connectivity index (χ2v) is 2.91. The van der Waals surface area contributed by atoms with Crippen LogP contribution in [0.5, 0.6) is 0 Å². The van der Waals surface area contributed by atoms with Crippen LogP contribution in [-0.4, -0.2) is 15.4 Å². The summed E-state index contributed by atoms with van der Waals surface area (Å²) >= 11 is 1.29. The highest BCUT2D eigenvalue weighted by Crippen LogP contribution is 2.19. The molecule has 1 unspecified atom stereocenters. The van der Waals surface area contributed by atoms with Crippen molar-refractivity contribution in [3.05, 3.63) is 17.1 Å². The molecule has 0 spiro atoms. The molecule has 0 amide bonds. The Morgan fingerprint density at radius 2 is 2.64 bits per heavy atom. The van der Waals surface area contributed by atoms with Crippen molar-refractivity contribution in [1.29, 1.82) is 0 Å². The molecule has 60 valence electrons. The molecule has 1 N–H and O–H groups in total. The van der Waals surface area contributed by atoms with Crippen molar-refractivity contribution in [2.75, 3.05) is 0 Å². The van der Waals surface area contributed by atoms with Crippen molar-refractivity contribution in [3.8, 4) is 0 Å². The minimum atomic E-state index is -0.771. The fourth-order valence-corrected chi connectivity index (χ4v) is 1.53. The number of hydrogen-bond acceptors (Lipinski definition) is 3. The normalized spacial score (nSPS) is 12.8. The Balaban J connectivity index is 2.79. The van der Waals surface area contributed by atoms with E-state index in [1.165, 1.54) is 11.5 Å². The van der Waals surface area contributed by atoms with Crippen molar-refractivity contribution < 1.29 is 9.90 Å². The first-order valence-corrected chi connectivity index (χ1v) is 4.21. The second kappa shape index (κ2) is 3.48. The highest BCUT2D eigenvalue weighted by atomic mass is 32.1. The van der Waals surface area contributed by atoms with Gasteiger partial charge < -0.3 is 5.11 Å². The molecular weight excluding hydrogens is 162 g/mol. The number of aliphatic carboxylic acids is 1. The van der Waals surface area contributed by atoms with E-state index in [0.717, 1.165) is 5.56 Å². The smallest absolute Gasteiger partial charge is 0.311 e. The molecule has 0 saturated heterocycles. The van der Waals surface area contributed by atoms with Gasteiger partial charge in [-0.1, -0.05) is 6.92 Å². The van der Waals surface area contributed by atoms with Gasteiger partial charge in [-0.15, -0.1) is 0 Å². The van der Waals surface area contributed by atoms with Gasteiger partial charge in [0.05, 0.1) is 5.92 Å². The van der Waals surface area contributed by atoms with E-state index in [2.05, 4.69) is 4.37 Å². The summed E-state index contributed by atoms with van der Waals surface area (Å²) in [5.41, 5.74) is 0.810. The van der Waals surface area contributed by atoms with E-state index in [1.807, 2.05) is 6.92 Å². The first kappa shape index (κ1) is 8.20. The van der Waals surface area contributed by atoms with Gasteiger partial charge in [-0.25, -0.2) is 4.37 Å². The monoisotopic (exact) mass is 171 g/mol. The SMILES string of the molecule is CCC(C(=O)O)c1cnsc1. The minimum absolute atomic E-state index is 0.381. The third kappa shape index (κ3) is 1.77. The Hall–Kier alpha value is -0.900. The average Bonchev–Trinajstić information content (AvgIpc) is 2.40. The lowest BCUT2D eigenvalue weighted by molar-refractivity contribution is -0.138. The number of hydrogen-bond donors (Lipinski definition) is 1. The fourth-order valence-electron chi connectivity index (χ4n) is 0.938. The summed E-state index contributed by atoms with van der Waals surface area (Å²) in [5.74, 6) is -1.15. The Bertz CT molecular complexity index is 233. The zero-order chi connectivity index (χ0) is 8.27. The standard InChI is InChI=1S/C7H9NO2S/c1-2-6(7(9)10)5-3-8-11-4-5/h3-4,6H,2H2,1H3,(H,9,10). The van der Waals surface area contributed by atoms with E-state index in [9.17, 15) is 4.79 Å². The molecule has 0 aliphatic heterocycles. The van der Waals surface area contributed by atoms with Crippen molar-refractivity contribution in [2.24, 2.45) is 0 Å². The minimum Gasteiger partial charge on any atom is -0.481 e. The third-order valence-corrected chi connectivity index (χ3v) is 2.16. The highest BCUT2D eigenvalue weighted by Gasteiger charge is 2.17. The van der Waals surface area contributed by atoms with Gasteiger partial charge in [-0.2, -0.15) is 0 Å². The lowest BCUT2D eigenvalue weighted by Gasteiger charge is -2.04. The topological polar surface area (TPSA) is 50.2 Å². The van der Waals surface area contributed by atoms with Gasteiger partial charge in [0.2, 0.25) is 0 Å².